The molecule has 0 heterocycles. The molecule has 0 aliphatic rings. The van der Waals surface area contributed by atoms with Crippen LogP contribution in [-0.2, 0) is 14.6 Å². The van der Waals surface area contributed by atoms with Crippen molar-refractivity contribution in [3.63, 3.8) is 0 Å². The molecular formula is C12H30NO4S+. The van der Waals surface area contributed by atoms with Gasteiger partial charge in [0.25, 0.3) is 0 Å². The zero-order valence-electron chi connectivity index (χ0n) is 11.9. The van der Waals surface area contributed by atoms with Crippen molar-refractivity contribution in [2.45, 2.75) is 71.1 Å². The van der Waals surface area contributed by atoms with Crippen molar-refractivity contribution in [1.29, 1.82) is 0 Å². The van der Waals surface area contributed by atoms with Crippen LogP contribution in [0.3, 0.4) is 0 Å². The van der Waals surface area contributed by atoms with Gasteiger partial charge in [0.05, 0.1) is 6.61 Å². The van der Waals surface area contributed by atoms with Gasteiger partial charge in [0.15, 0.2) is 0 Å². The lowest BCUT2D eigenvalue weighted by atomic mass is 10.1. The summed E-state index contributed by atoms with van der Waals surface area (Å²) in [4.78, 5) is 0. The molecular weight excluding hydrogens is 254 g/mol. The molecule has 0 saturated carbocycles. The normalized spacial score (nSPS) is 11.2. The van der Waals surface area contributed by atoms with Crippen LogP contribution in [0.25, 0.3) is 0 Å². The fraction of sp³-hybridized carbons (Fsp3) is 1.00. The van der Waals surface area contributed by atoms with E-state index in [1.54, 1.807) is 0 Å². The summed E-state index contributed by atoms with van der Waals surface area (Å²) in [6, 6.07) is 0. The van der Waals surface area contributed by atoms with Crippen molar-refractivity contribution >= 4 is 10.4 Å². The van der Waals surface area contributed by atoms with Crippen LogP contribution in [0.4, 0.5) is 0 Å². The quantitative estimate of drug-likeness (QED) is 0.416. The molecule has 5 N–H and O–H groups in total. The highest BCUT2D eigenvalue weighted by Crippen LogP contribution is 2.10. The second-order valence-electron chi connectivity index (χ2n) is 4.43. The minimum absolute atomic E-state index is 0. The highest BCUT2D eigenvalue weighted by atomic mass is 32.3. The summed E-state index contributed by atoms with van der Waals surface area (Å²) in [6.07, 6.45) is 11.9. The van der Waals surface area contributed by atoms with Crippen molar-refractivity contribution in [3.8, 4) is 0 Å². The third-order valence-corrected chi connectivity index (χ3v) is 3.19. The monoisotopic (exact) mass is 284 g/mol. The van der Waals surface area contributed by atoms with Crippen molar-refractivity contribution in [1.82, 2.24) is 6.15 Å². The Morgan fingerprint density at radius 3 is 1.61 bits per heavy atom. The van der Waals surface area contributed by atoms with Gasteiger partial charge < -0.3 is 6.15 Å². The van der Waals surface area contributed by atoms with Gasteiger partial charge in [-0.15, -0.1) is 0 Å². The van der Waals surface area contributed by atoms with Crippen molar-refractivity contribution < 1.29 is 17.2 Å². The maximum absolute atomic E-state index is 10.2. The molecule has 112 valence electrons. The highest BCUT2D eigenvalue weighted by molar-refractivity contribution is 7.80. The van der Waals surface area contributed by atoms with Crippen LogP contribution in [0.15, 0.2) is 0 Å². The van der Waals surface area contributed by atoms with Gasteiger partial charge in [-0.25, -0.2) is 4.18 Å². The molecule has 0 rings (SSSR count). The van der Waals surface area contributed by atoms with Crippen LogP contribution in [0.5, 0.6) is 0 Å². The summed E-state index contributed by atoms with van der Waals surface area (Å²) in [6.45, 7) is 2.31. The summed E-state index contributed by atoms with van der Waals surface area (Å²) in [5.41, 5.74) is 0. The summed E-state index contributed by atoms with van der Waals surface area (Å²) < 4.78 is 33.0. The Balaban J connectivity index is 0. The third kappa shape index (κ3) is 18.2. The molecule has 0 spiro atoms. The van der Waals surface area contributed by atoms with E-state index in [2.05, 4.69) is 11.1 Å². The number of unbranched alkanes of at least 4 members (excludes halogenated alkanes) is 9. The van der Waals surface area contributed by atoms with E-state index >= 15 is 0 Å². The zero-order chi connectivity index (χ0) is 13.0. The number of hydrogen-bond acceptors (Lipinski definition) is 3. The summed E-state index contributed by atoms with van der Waals surface area (Å²) >= 11 is 0. The van der Waals surface area contributed by atoms with Crippen LogP contribution in [0.2, 0.25) is 0 Å². The van der Waals surface area contributed by atoms with Crippen LogP contribution in [0.1, 0.15) is 71.1 Å². The first kappa shape index (κ1) is 20.2. The molecule has 18 heavy (non-hydrogen) atoms. The van der Waals surface area contributed by atoms with Crippen LogP contribution in [0, 0.1) is 0 Å². The first-order valence-electron chi connectivity index (χ1n) is 6.68. The topological polar surface area (TPSA) is 100 Å². The van der Waals surface area contributed by atoms with Crippen LogP contribution in [-0.4, -0.2) is 19.6 Å². The SMILES string of the molecule is CCCCCCCCCCCCOS(=O)(=O)O.[NH4+]. The number of hydrogen-bond donors (Lipinski definition) is 2. The maximum atomic E-state index is 10.2. The molecule has 6 heteroatoms. The van der Waals surface area contributed by atoms with Gasteiger partial charge in [0.2, 0.25) is 0 Å². The molecule has 0 amide bonds. The molecule has 0 aromatic carbocycles. The van der Waals surface area contributed by atoms with E-state index in [9.17, 15) is 8.42 Å². The molecule has 0 aromatic heterocycles. The predicted octanol–water partition coefficient (Wildman–Crippen LogP) is 4.10. The van der Waals surface area contributed by atoms with Gasteiger partial charge in [-0.05, 0) is 6.42 Å². The number of quaternary nitrogens is 1. The number of rotatable bonds is 12. The summed E-state index contributed by atoms with van der Waals surface area (Å²) in [5, 5.41) is 0. The molecule has 5 nitrogen and oxygen atoms in total. The van der Waals surface area contributed by atoms with Gasteiger partial charge in [0, 0.05) is 0 Å². The van der Waals surface area contributed by atoms with Crippen molar-refractivity contribution in [3.05, 3.63) is 0 Å². The van der Waals surface area contributed by atoms with E-state index in [0.29, 0.717) is 6.42 Å². The van der Waals surface area contributed by atoms with Crippen molar-refractivity contribution in [2.75, 3.05) is 6.61 Å². The Labute approximate surface area is 112 Å². The Morgan fingerprint density at radius 1 is 0.833 bits per heavy atom. The second kappa shape index (κ2) is 13.3. The average Bonchev–Trinajstić information content (AvgIpc) is 2.24. The lowest BCUT2D eigenvalue weighted by Gasteiger charge is -2.02. The van der Waals surface area contributed by atoms with E-state index in [-0.39, 0.29) is 12.8 Å². The van der Waals surface area contributed by atoms with Gasteiger partial charge in [-0.2, -0.15) is 8.42 Å². The first-order valence-corrected chi connectivity index (χ1v) is 8.04. The van der Waals surface area contributed by atoms with E-state index in [1.807, 2.05) is 0 Å². The van der Waals surface area contributed by atoms with E-state index in [4.69, 9.17) is 4.55 Å². The highest BCUT2D eigenvalue weighted by Gasteiger charge is 2.02. The zero-order valence-corrected chi connectivity index (χ0v) is 12.7. The Kier molecular flexibility index (Phi) is 14.9. The van der Waals surface area contributed by atoms with E-state index in [0.717, 1.165) is 12.8 Å². The molecule has 0 aliphatic carbocycles. The fourth-order valence-electron chi connectivity index (χ4n) is 1.75. The molecule has 0 aromatic rings. The average molecular weight is 284 g/mol. The van der Waals surface area contributed by atoms with Gasteiger partial charge >= 0.3 is 10.4 Å². The van der Waals surface area contributed by atoms with E-state index in [1.165, 1.54) is 44.9 Å². The fourth-order valence-corrected chi connectivity index (χ4v) is 2.08. The van der Waals surface area contributed by atoms with Gasteiger partial charge in [-0.3, -0.25) is 4.55 Å². The van der Waals surface area contributed by atoms with Gasteiger partial charge in [-0.1, -0.05) is 64.7 Å². The van der Waals surface area contributed by atoms with Crippen molar-refractivity contribution in [2.24, 2.45) is 0 Å². The Morgan fingerprint density at radius 2 is 1.22 bits per heavy atom. The predicted molar refractivity (Wildman–Crippen MR) is 75.3 cm³/mol. The molecule has 0 atom stereocenters. The molecule has 0 aliphatic heterocycles. The molecule has 0 bridgehead atoms. The Hall–Kier alpha value is -0.170. The first-order chi connectivity index (χ1) is 8.06. The van der Waals surface area contributed by atoms with Crippen LogP contribution < -0.4 is 6.15 Å². The lowest BCUT2D eigenvalue weighted by molar-refractivity contribution is 0.261. The van der Waals surface area contributed by atoms with Crippen LogP contribution >= 0.6 is 0 Å². The van der Waals surface area contributed by atoms with E-state index < -0.39 is 10.4 Å². The molecule has 0 unspecified atom stereocenters. The summed E-state index contributed by atoms with van der Waals surface area (Å²) in [7, 11) is -4.23. The minimum atomic E-state index is -4.23. The Bertz CT molecular complexity index is 255. The molecule has 0 saturated heterocycles. The summed E-state index contributed by atoms with van der Waals surface area (Å²) in [5.74, 6) is 0. The largest absolute Gasteiger partial charge is 0.397 e. The molecule has 0 radical (unpaired) electrons. The molecule has 0 fully saturated rings. The minimum Gasteiger partial charge on any atom is -0.369 e. The van der Waals surface area contributed by atoms with Gasteiger partial charge in [0.1, 0.15) is 0 Å². The maximum Gasteiger partial charge on any atom is 0.397 e. The third-order valence-electron chi connectivity index (χ3n) is 2.73. The second-order valence-corrected chi connectivity index (χ2v) is 5.52. The lowest BCUT2D eigenvalue weighted by Crippen LogP contribution is -2.04. The smallest absolute Gasteiger partial charge is 0.369 e. The standard InChI is InChI=1S/C12H26O4S.H3N/c1-2-3-4-5-6-7-8-9-10-11-12-16-17(13,14)15;/h2-12H2,1H3,(H,13,14,15);1H3/p+1.